The van der Waals surface area contributed by atoms with E-state index in [4.69, 9.17) is 0 Å². The number of nitrogens with zero attached hydrogens (tertiary/aromatic N) is 1. The zero-order valence-corrected chi connectivity index (χ0v) is 14.0. The zero-order chi connectivity index (χ0) is 16.9. The molecule has 1 fully saturated rings. The molecular weight excluding hydrogens is 292 g/mol. The highest BCUT2D eigenvalue weighted by Crippen LogP contribution is 2.28. The quantitative estimate of drug-likeness (QED) is 0.845. The average Bonchev–Trinajstić information content (AvgIpc) is 3.01. The van der Waals surface area contributed by atoms with Crippen molar-refractivity contribution in [2.75, 3.05) is 19.6 Å². The summed E-state index contributed by atoms with van der Waals surface area (Å²) < 4.78 is 0. The van der Waals surface area contributed by atoms with Gasteiger partial charge in [-0.25, -0.2) is 0 Å². The van der Waals surface area contributed by atoms with E-state index in [0.717, 1.165) is 25.7 Å². The third kappa shape index (κ3) is 4.32. The molecule has 23 heavy (non-hydrogen) atoms. The summed E-state index contributed by atoms with van der Waals surface area (Å²) >= 11 is 0. The van der Waals surface area contributed by atoms with Gasteiger partial charge in [-0.1, -0.05) is 12.8 Å². The lowest BCUT2D eigenvalue weighted by molar-refractivity contribution is 0.0449. The lowest BCUT2D eigenvalue weighted by atomic mass is 10.0. The largest absolute Gasteiger partial charge is 0.388 e. The maximum absolute atomic E-state index is 12.2. The molecule has 2 amide bonds. The Bertz CT molecular complexity index is 544. The number of amides is 2. The summed E-state index contributed by atoms with van der Waals surface area (Å²) in [7, 11) is 0. The molecule has 0 bridgehead atoms. The highest BCUT2D eigenvalue weighted by atomic mass is 16.3. The van der Waals surface area contributed by atoms with Crippen molar-refractivity contribution < 1.29 is 14.7 Å². The van der Waals surface area contributed by atoms with E-state index in [-0.39, 0.29) is 18.4 Å². The van der Waals surface area contributed by atoms with Crippen LogP contribution in [-0.4, -0.2) is 47.1 Å². The van der Waals surface area contributed by atoms with Crippen LogP contribution in [0.15, 0.2) is 24.3 Å². The van der Waals surface area contributed by atoms with Gasteiger partial charge >= 0.3 is 0 Å². The molecule has 0 saturated heterocycles. The third-order valence-corrected chi connectivity index (χ3v) is 4.56. The molecule has 0 radical (unpaired) electrons. The van der Waals surface area contributed by atoms with Gasteiger partial charge in [0.1, 0.15) is 0 Å². The Morgan fingerprint density at radius 2 is 1.61 bits per heavy atom. The first-order chi connectivity index (χ1) is 11.0. The van der Waals surface area contributed by atoms with E-state index in [2.05, 4.69) is 5.32 Å². The molecule has 0 unspecified atom stereocenters. The summed E-state index contributed by atoms with van der Waals surface area (Å²) in [5, 5.41) is 13.0. The number of aliphatic hydroxyl groups is 1. The first-order valence-electron chi connectivity index (χ1n) is 8.39. The van der Waals surface area contributed by atoms with Gasteiger partial charge in [0.25, 0.3) is 11.8 Å². The van der Waals surface area contributed by atoms with Crippen molar-refractivity contribution in [3.8, 4) is 0 Å². The van der Waals surface area contributed by atoms with Gasteiger partial charge in [-0.05, 0) is 51.0 Å². The van der Waals surface area contributed by atoms with Crippen LogP contribution in [0.5, 0.6) is 0 Å². The average molecular weight is 318 g/mol. The topological polar surface area (TPSA) is 69.6 Å². The molecule has 0 heterocycles. The summed E-state index contributed by atoms with van der Waals surface area (Å²) in [6, 6.07) is 6.68. The van der Waals surface area contributed by atoms with Gasteiger partial charge in [0, 0.05) is 30.8 Å². The highest BCUT2D eigenvalue weighted by Gasteiger charge is 2.31. The summed E-state index contributed by atoms with van der Waals surface area (Å²) in [4.78, 5) is 26.1. The van der Waals surface area contributed by atoms with Gasteiger partial charge < -0.3 is 15.3 Å². The molecule has 0 aromatic heterocycles. The second kappa shape index (κ2) is 7.59. The van der Waals surface area contributed by atoms with Crippen LogP contribution in [0.4, 0.5) is 0 Å². The summed E-state index contributed by atoms with van der Waals surface area (Å²) in [6.45, 7) is 5.49. The Morgan fingerprint density at radius 1 is 1.09 bits per heavy atom. The highest BCUT2D eigenvalue weighted by molar-refractivity contribution is 5.97. The molecule has 1 aromatic rings. The third-order valence-electron chi connectivity index (χ3n) is 4.56. The van der Waals surface area contributed by atoms with Gasteiger partial charge in [0.15, 0.2) is 0 Å². The van der Waals surface area contributed by atoms with E-state index in [9.17, 15) is 14.7 Å². The first-order valence-corrected chi connectivity index (χ1v) is 8.39. The molecule has 1 aromatic carbocycles. The van der Waals surface area contributed by atoms with Gasteiger partial charge in [-0.3, -0.25) is 9.59 Å². The Hall–Kier alpha value is -1.88. The molecule has 2 rings (SSSR count). The van der Waals surface area contributed by atoms with Gasteiger partial charge in [-0.2, -0.15) is 0 Å². The number of rotatable bonds is 6. The number of benzene rings is 1. The number of nitrogens with one attached hydrogen (secondary N) is 1. The fraction of sp³-hybridized carbons (Fsp3) is 0.556. The van der Waals surface area contributed by atoms with Crippen molar-refractivity contribution in [1.29, 1.82) is 0 Å². The Kier molecular flexibility index (Phi) is 5.77. The monoisotopic (exact) mass is 318 g/mol. The molecular formula is C18H26N2O3. The molecule has 0 atom stereocenters. The van der Waals surface area contributed by atoms with Crippen molar-refractivity contribution in [2.45, 2.75) is 45.1 Å². The molecule has 5 heteroatoms. The van der Waals surface area contributed by atoms with E-state index in [1.54, 1.807) is 29.2 Å². The van der Waals surface area contributed by atoms with Crippen LogP contribution >= 0.6 is 0 Å². The number of hydrogen-bond acceptors (Lipinski definition) is 3. The summed E-state index contributed by atoms with van der Waals surface area (Å²) in [5.74, 6) is -0.241. The van der Waals surface area contributed by atoms with E-state index in [0.29, 0.717) is 24.2 Å². The number of hydrogen-bond donors (Lipinski definition) is 2. The predicted molar refractivity (Wildman–Crippen MR) is 89.4 cm³/mol. The molecule has 1 saturated carbocycles. The minimum Gasteiger partial charge on any atom is -0.388 e. The molecule has 0 spiro atoms. The molecule has 0 aliphatic heterocycles. The lowest BCUT2D eigenvalue weighted by Crippen LogP contribution is -2.40. The second-order valence-corrected chi connectivity index (χ2v) is 6.17. The van der Waals surface area contributed by atoms with Crippen LogP contribution in [0.2, 0.25) is 0 Å². The van der Waals surface area contributed by atoms with Crippen LogP contribution in [0.25, 0.3) is 0 Å². The molecule has 1 aliphatic rings. The van der Waals surface area contributed by atoms with Crippen LogP contribution in [0.3, 0.4) is 0 Å². The maximum atomic E-state index is 12.2. The zero-order valence-electron chi connectivity index (χ0n) is 14.0. The first kappa shape index (κ1) is 17.5. The van der Waals surface area contributed by atoms with Crippen molar-refractivity contribution in [1.82, 2.24) is 10.2 Å². The van der Waals surface area contributed by atoms with Gasteiger partial charge in [0.05, 0.1) is 5.60 Å². The van der Waals surface area contributed by atoms with Crippen LogP contribution in [0, 0.1) is 0 Å². The Morgan fingerprint density at radius 3 is 2.13 bits per heavy atom. The van der Waals surface area contributed by atoms with E-state index < -0.39 is 5.60 Å². The molecule has 2 N–H and O–H groups in total. The van der Waals surface area contributed by atoms with Gasteiger partial charge in [-0.15, -0.1) is 0 Å². The van der Waals surface area contributed by atoms with E-state index >= 15 is 0 Å². The second-order valence-electron chi connectivity index (χ2n) is 6.17. The van der Waals surface area contributed by atoms with E-state index in [1.165, 1.54) is 0 Å². The van der Waals surface area contributed by atoms with Crippen LogP contribution < -0.4 is 5.32 Å². The SMILES string of the molecule is CCN(CC)C(=O)c1ccc(C(=O)NCC2(O)CCCC2)cc1. The Labute approximate surface area is 137 Å². The molecule has 126 valence electrons. The van der Waals surface area contributed by atoms with Crippen molar-refractivity contribution in [3.05, 3.63) is 35.4 Å². The van der Waals surface area contributed by atoms with Crippen LogP contribution in [-0.2, 0) is 0 Å². The maximum Gasteiger partial charge on any atom is 0.253 e. The summed E-state index contributed by atoms with van der Waals surface area (Å²) in [6.07, 6.45) is 3.50. The molecule has 1 aliphatic carbocycles. The van der Waals surface area contributed by atoms with Crippen LogP contribution in [0.1, 0.15) is 60.2 Å². The van der Waals surface area contributed by atoms with Crippen molar-refractivity contribution >= 4 is 11.8 Å². The summed E-state index contributed by atoms with van der Waals surface area (Å²) in [5.41, 5.74) is 0.330. The smallest absolute Gasteiger partial charge is 0.253 e. The van der Waals surface area contributed by atoms with Crippen molar-refractivity contribution in [3.63, 3.8) is 0 Å². The van der Waals surface area contributed by atoms with E-state index in [1.807, 2.05) is 13.8 Å². The number of carbonyl (C=O) groups is 2. The standard InChI is InChI=1S/C18H26N2O3/c1-3-20(4-2)17(22)15-9-7-14(8-10-15)16(21)19-13-18(23)11-5-6-12-18/h7-10,23H,3-6,11-13H2,1-2H3,(H,19,21). The Balaban J connectivity index is 1.96. The van der Waals surface area contributed by atoms with Gasteiger partial charge in [0.2, 0.25) is 0 Å². The van der Waals surface area contributed by atoms with Crippen molar-refractivity contribution in [2.24, 2.45) is 0 Å². The predicted octanol–water partition coefficient (Wildman–Crippen LogP) is 2.20. The molecule has 5 nitrogen and oxygen atoms in total. The fourth-order valence-corrected chi connectivity index (χ4v) is 3.01. The number of carbonyl (C=O) groups excluding carboxylic acids is 2. The fourth-order valence-electron chi connectivity index (χ4n) is 3.01. The minimum absolute atomic E-state index is 0.0257. The normalized spacial score (nSPS) is 16.1. The minimum atomic E-state index is -0.756. The lowest BCUT2D eigenvalue weighted by Gasteiger charge is -2.22.